The van der Waals surface area contributed by atoms with E-state index in [4.69, 9.17) is 9.47 Å². The molecule has 7 heteroatoms. The minimum absolute atomic E-state index is 0.254. The molecule has 1 amide bonds. The normalized spacial score (nSPS) is 20.4. The maximum absolute atomic E-state index is 12.7. The minimum Gasteiger partial charge on any atom is -0.444 e. The maximum atomic E-state index is 12.7. The zero-order chi connectivity index (χ0) is 17.5. The Kier molecular flexibility index (Phi) is 4.17. The fraction of sp³-hybridized carbons (Fsp3) is 0.529. The Morgan fingerprint density at radius 1 is 1.50 bits per heavy atom. The number of aromatic nitrogens is 2. The lowest BCUT2D eigenvalue weighted by Crippen LogP contribution is -2.47. The van der Waals surface area contributed by atoms with Crippen LogP contribution in [-0.2, 0) is 9.47 Å². The molecular weight excluding hydrogens is 326 g/mol. The second kappa shape index (κ2) is 5.89. The predicted molar refractivity (Wildman–Crippen MR) is 92.7 cm³/mol. The molecule has 2 aromatic heterocycles. The lowest BCUT2D eigenvalue weighted by molar-refractivity contribution is -0.0627. The van der Waals surface area contributed by atoms with Crippen molar-refractivity contribution in [2.45, 2.75) is 52.0 Å². The first kappa shape index (κ1) is 17.0. The van der Waals surface area contributed by atoms with E-state index in [2.05, 4.69) is 10.2 Å². The molecule has 24 heavy (non-hydrogen) atoms. The van der Waals surface area contributed by atoms with E-state index >= 15 is 0 Å². The number of carbonyl (C=O) groups excluding carboxylic acids is 1. The third kappa shape index (κ3) is 3.32. The van der Waals surface area contributed by atoms with Gasteiger partial charge in [-0.3, -0.25) is 10.00 Å². The number of carbonyl (C=O) groups is 1. The number of nitrogens with zero attached hydrogens (tertiary/aromatic N) is 2. The van der Waals surface area contributed by atoms with E-state index in [1.807, 2.05) is 58.2 Å². The number of amides is 1. The number of ether oxygens (including phenoxy) is 2. The molecule has 0 bridgehead atoms. The number of nitrogens with one attached hydrogen (secondary N) is 1. The second-order valence-electron chi connectivity index (χ2n) is 7.31. The highest BCUT2D eigenvalue weighted by atomic mass is 32.1. The van der Waals surface area contributed by atoms with Crippen molar-refractivity contribution < 1.29 is 14.3 Å². The summed E-state index contributed by atoms with van der Waals surface area (Å²) in [5.41, 5.74) is 0.418. The monoisotopic (exact) mass is 349 g/mol. The first-order chi connectivity index (χ1) is 11.2. The van der Waals surface area contributed by atoms with Crippen LogP contribution in [0.15, 0.2) is 23.6 Å². The zero-order valence-electron chi connectivity index (χ0n) is 14.6. The van der Waals surface area contributed by atoms with Gasteiger partial charge in [-0.2, -0.15) is 5.10 Å². The van der Waals surface area contributed by atoms with Crippen LogP contribution in [0.3, 0.4) is 0 Å². The largest absolute Gasteiger partial charge is 0.444 e. The van der Waals surface area contributed by atoms with Crippen LogP contribution < -0.4 is 0 Å². The van der Waals surface area contributed by atoms with Crippen LogP contribution >= 0.6 is 11.3 Å². The molecule has 1 N–H and O–H groups in total. The number of aromatic amines is 1. The second-order valence-corrected chi connectivity index (χ2v) is 8.26. The smallest absolute Gasteiger partial charge is 0.413 e. The number of rotatable bonds is 2. The first-order valence-corrected chi connectivity index (χ1v) is 8.81. The van der Waals surface area contributed by atoms with E-state index in [1.54, 1.807) is 16.2 Å². The Morgan fingerprint density at radius 2 is 2.25 bits per heavy atom. The average Bonchev–Trinajstić information content (AvgIpc) is 3.12. The van der Waals surface area contributed by atoms with Gasteiger partial charge >= 0.3 is 6.09 Å². The van der Waals surface area contributed by atoms with Gasteiger partial charge in [0.15, 0.2) is 0 Å². The van der Waals surface area contributed by atoms with Gasteiger partial charge in [-0.15, -0.1) is 11.3 Å². The number of hydrogen-bond acceptors (Lipinski definition) is 5. The van der Waals surface area contributed by atoms with Crippen molar-refractivity contribution in [3.63, 3.8) is 0 Å². The van der Waals surface area contributed by atoms with E-state index in [0.29, 0.717) is 6.61 Å². The molecule has 1 unspecified atom stereocenters. The molecule has 3 heterocycles. The van der Waals surface area contributed by atoms with E-state index in [1.165, 1.54) is 0 Å². The van der Waals surface area contributed by atoms with Gasteiger partial charge in [-0.25, -0.2) is 4.79 Å². The van der Waals surface area contributed by atoms with Gasteiger partial charge in [-0.05, 0) is 52.1 Å². The zero-order valence-corrected chi connectivity index (χ0v) is 15.4. The number of hydrogen-bond donors (Lipinski definition) is 1. The Labute approximate surface area is 145 Å². The molecule has 0 spiro atoms. The topological polar surface area (TPSA) is 67.5 Å². The summed E-state index contributed by atoms with van der Waals surface area (Å²) >= 11 is 1.63. The average molecular weight is 349 g/mol. The quantitative estimate of drug-likeness (QED) is 0.883. The third-order valence-electron chi connectivity index (χ3n) is 3.81. The van der Waals surface area contributed by atoms with Crippen LogP contribution in [0.25, 0.3) is 10.6 Å². The van der Waals surface area contributed by atoms with Crippen LogP contribution in [0.2, 0.25) is 0 Å². The van der Waals surface area contributed by atoms with Crippen LogP contribution in [-0.4, -0.2) is 39.1 Å². The van der Waals surface area contributed by atoms with Crippen molar-refractivity contribution in [3.8, 4) is 10.6 Å². The number of H-pyrrole nitrogens is 1. The Morgan fingerprint density at radius 3 is 2.88 bits per heavy atom. The summed E-state index contributed by atoms with van der Waals surface area (Å²) in [5.74, 6) is 0. The Hall–Kier alpha value is -1.86. The minimum atomic E-state index is -0.735. The lowest BCUT2D eigenvalue weighted by atomic mass is 10.1. The molecule has 0 aromatic carbocycles. The molecule has 1 aliphatic heterocycles. The van der Waals surface area contributed by atoms with Gasteiger partial charge in [0.25, 0.3) is 0 Å². The summed E-state index contributed by atoms with van der Waals surface area (Å²) in [7, 11) is 0. The highest BCUT2D eigenvalue weighted by molar-refractivity contribution is 7.13. The van der Waals surface area contributed by atoms with Crippen molar-refractivity contribution in [3.05, 3.63) is 29.3 Å². The molecule has 1 aliphatic rings. The third-order valence-corrected chi connectivity index (χ3v) is 4.70. The molecule has 6 nitrogen and oxygen atoms in total. The molecule has 1 saturated heterocycles. The van der Waals surface area contributed by atoms with Crippen molar-refractivity contribution in [2.24, 2.45) is 0 Å². The molecule has 2 aromatic rings. The summed E-state index contributed by atoms with van der Waals surface area (Å²) in [5, 5.41) is 9.43. The summed E-state index contributed by atoms with van der Waals surface area (Å²) in [6, 6.07) is 5.73. The molecular formula is C17H23N3O3S. The van der Waals surface area contributed by atoms with E-state index < -0.39 is 11.3 Å². The van der Waals surface area contributed by atoms with Gasteiger partial charge in [0.2, 0.25) is 0 Å². The predicted octanol–water partition coefficient (Wildman–Crippen LogP) is 4.18. The van der Waals surface area contributed by atoms with Crippen LogP contribution in [0.5, 0.6) is 0 Å². The van der Waals surface area contributed by atoms with Crippen molar-refractivity contribution >= 4 is 17.4 Å². The summed E-state index contributed by atoms with van der Waals surface area (Å²) in [6.45, 7) is 9.71. The van der Waals surface area contributed by atoms with Gasteiger partial charge < -0.3 is 9.47 Å². The SMILES string of the molecule is CC(C)(C)OC(=O)N1C(c2cc(-c3cccs3)n[nH]2)COC1(C)C. The molecule has 0 saturated carbocycles. The number of thiophene rings is 1. The van der Waals surface area contributed by atoms with Gasteiger partial charge in [0.1, 0.15) is 23.1 Å². The molecule has 0 radical (unpaired) electrons. The van der Waals surface area contributed by atoms with E-state index in [0.717, 1.165) is 16.3 Å². The Balaban J connectivity index is 1.87. The summed E-state index contributed by atoms with van der Waals surface area (Å²) < 4.78 is 11.4. The summed E-state index contributed by atoms with van der Waals surface area (Å²) in [4.78, 5) is 15.4. The highest BCUT2D eigenvalue weighted by Gasteiger charge is 2.47. The van der Waals surface area contributed by atoms with E-state index in [9.17, 15) is 4.79 Å². The van der Waals surface area contributed by atoms with Crippen molar-refractivity contribution in [1.29, 1.82) is 0 Å². The van der Waals surface area contributed by atoms with Gasteiger partial charge in [0.05, 0.1) is 17.2 Å². The van der Waals surface area contributed by atoms with Crippen LogP contribution in [0, 0.1) is 0 Å². The Bertz CT molecular complexity index is 716. The first-order valence-electron chi connectivity index (χ1n) is 7.93. The summed E-state index contributed by atoms with van der Waals surface area (Å²) in [6.07, 6.45) is -0.387. The van der Waals surface area contributed by atoms with Crippen molar-refractivity contribution in [2.75, 3.05) is 6.61 Å². The van der Waals surface area contributed by atoms with Gasteiger partial charge in [0, 0.05) is 0 Å². The fourth-order valence-corrected chi connectivity index (χ4v) is 3.43. The highest BCUT2D eigenvalue weighted by Crippen LogP contribution is 2.38. The fourth-order valence-electron chi connectivity index (χ4n) is 2.75. The molecule has 130 valence electrons. The molecule has 0 aliphatic carbocycles. The van der Waals surface area contributed by atoms with Crippen LogP contribution in [0.1, 0.15) is 46.4 Å². The standard InChI is InChI=1S/C17H23N3O3S/c1-16(2,3)23-15(21)20-13(10-22-17(20,4)5)11-9-12(19-18-11)14-7-6-8-24-14/h6-9,13H,10H2,1-5H3,(H,18,19). The van der Waals surface area contributed by atoms with Crippen LogP contribution in [0.4, 0.5) is 4.79 Å². The molecule has 1 atom stereocenters. The van der Waals surface area contributed by atoms with Crippen molar-refractivity contribution in [1.82, 2.24) is 15.1 Å². The van der Waals surface area contributed by atoms with E-state index in [-0.39, 0.29) is 12.1 Å². The molecule has 3 rings (SSSR count). The van der Waals surface area contributed by atoms with Gasteiger partial charge in [-0.1, -0.05) is 6.07 Å². The lowest BCUT2D eigenvalue weighted by Gasteiger charge is -2.34. The maximum Gasteiger partial charge on any atom is 0.413 e. The molecule has 1 fully saturated rings.